The second-order valence-electron chi connectivity index (χ2n) is 10.3. The van der Waals surface area contributed by atoms with Gasteiger partial charge in [-0.1, -0.05) is 25.0 Å². The van der Waals surface area contributed by atoms with Gasteiger partial charge in [-0.25, -0.2) is 18.3 Å². The fourth-order valence-electron chi connectivity index (χ4n) is 5.29. The topological polar surface area (TPSA) is 67.0 Å². The van der Waals surface area contributed by atoms with E-state index >= 15 is 0 Å². The summed E-state index contributed by atoms with van der Waals surface area (Å²) in [6, 6.07) is 9.63. The monoisotopic (exact) mass is 546 g/mol. The van der Waals surface area contributed by atoms with E-state index in [2.05, 4.69) is 58.0 Å². The number of hydrogen-bond acceptors (Lipinski definition) is 4. The molecule has 39 heavy (non-hydrogen) atoms. The molecule has 2 aromatic heterocycles. The lowest BCUT2D eigenvalue weighted by Crippen LogP contribution is -2.40. The summed E-state index contributed by atoms with van der Waals surface area (Å²) in [6.07, 6.45) is 15.3. The molecular formula is C30H38N6O2S+2. The zero-order valence-electron chi connectivity index (χ0n) is 23.1. The van der Waals surface area contributed by atoms with Crippen LogP contribution in [0, 0.1) is 0 Å². The molecule has 0 radical (unpaired) electrons. The Labute approximate surface area is 234 Å². The molecule has 0 unspecified atom stereocenters. The van der Waals surface area contributed by atoms with E-state index in [1.807, 2.05) is 59.9 Å². The molecule has 2 aromatic carbocycles. The highest BCUT2D eigenvalue weighted by molar-refractivity contribution is 7.99. The highest BCUT2D eigenvalue weighted by atomic mass is 32.2. The van der Waals surface area contributed by atoms with Crippen LogP contribution < -0.4 is 14.5 Å². The molecule has 0 spiro atoms. The number of benzene rings is 2. The molecule has 0 atom stereocenters. The second kappa shape index (κ2) is 12.1. The Hall–Kier alpha value is -3.59. The van der Waals surface area contributed by atoms with Gasteiger partial charge in [0.05, 0.1) is 27.7 Å². The maximum atomic E-state index is 13.4. The Morgan fingerprint density at radius 1 is 0.872 bits per heavy atom. The maximum Gasteiger partial charge on any atom is 0.317 e. The van der Waals surface area contributed by atoms with Crippen LogP contribution in [-0.4, -0.2) is 44.7 Å². The molecule has 0 saturated heterocycles. The lowest BCUT2D eigenvalue weighted by Gasteiger charge is -2.28. The standard InChI is InChI=1S/C30H37N6O2S/c1-32-17-20-35(22-32)15-9-14-31-26-13-12-25-27-23(26)10-8-11-24(27)28(37)36(29(25)38)16-6-4-5-7-21-39-30-33(2)18-19-34(30)3/h8,10-13,17-20,22H,4-7,9,14-16,21H2,1-3H3/q+1/p+1. The Bertz CT molecular complexity index is 1450. The zero-order chi connectivity index (χ0) is 27.4. The number of anilines is 1. The number of aryl methyl sites for hydroxylation is 4. The highest BCUT2D eigenvalue weighted by Gasteiger charge is 2.32. The SMILES string of the molecule is Cn1cc[n+](C)c1SCCCCCCN1C(=O)c2cccc3c(NCCCn4cc[n+](C)c4)ccc(c23)C1=O. The van der Waals surface area contributed by atoms with Crippen LogP contribution in [0.5, 0.6) is 0 Å². The van der Waals surface area contributed by atoms with Crippen LogP contribution in [0.2, 0.25) is 0 Å². The number of unbranched alkanes of at least 4 members (excludes halogenated alkanes) is 3. The van der Waals surface area contributed by atoms with Crippen molar-refractivity contribution < 1.29 is 18.7 Å². The average molecular weight is 547 g/mol. The summed E-state index contributed by atoms with van der Waals surface area (Å²) < 4.78 is 8.47. The summed E-state index contributed by atoms with van der Waals surface area (Å²) in [5.74, 6) is 0.703. The molecule has 0 fully saturated rings. The van der Waals surface area contributed by atoms with Crippen molar-refractivity contribution in [3.8, 4) is 0 Å². The van der Waals surface area contributed by atoms with Crippen LogP contribution in [0.4, 0.5) is 5.69 Å². The molecule has 8 nitrogen and oxygen atoms in total. The van der Waals surface area contributed by atoms with E-state index in [-0.39, 0.29) is 11.8 Å². The predicted octanol–water partition coefficient (Wildman–Crippen LogP) is 4.08. The summed E-state index contributed by atoms with van der Waals surface area (Å²) in [4.78, 5) is 28.2. The summed E-state index contributed by atoms with van der Waals surface area (Å²) in [5, 5.41) is 6.48. The van der Waals surface area contributed by atoms with Gasteiger partial charge in [-0.2, -0.15) is 0 Å². The quantitative estimate of drug-likeness (QED) is 0.119. The van der Waals surface area contributed by atoms with Gasteiger partial charge in [0, 0.05) is 52.8 Å². The van der Waals surface area contributed by atoms with Crippen molar-refractivity contribution in [2.24, 2.45) is 21.1 Å². The number of rotatable bonds is 13. The molecule has 5 rings (SSSR count). The Balaban J connectivity index is 1.15. The van der Waals surface area contributed by atoms with Crippen LogP contribution in [0.15, 0.2) is 66.6 Å². The third kappa shape index (κ3) is 5.88. The van der Waals surface area contributed by atoms with Gasteiger partial charge in [0.15, 0.2) is 0 Å². The fraction of sp³-hybridized carbons (Fsp3) is 0.400. The first-order chi connectivity index (χ1) is 18.9. The molecule has 0 aliphatic carbocycles. The molecule has 1 aliphatic heterocycles. The third-order valence-electron chi connectivity index (χ3n) is 7.35. The van der Waals surface area contributed by atoms with E-state index in [4.69, 9.17) is 0 Å². The molecule has 0 saturated carbocycles. The van der Waals surface area contributed by atoms with Gasteiger partial charge >= 0.3 is 5.16 Å². The van der Waals surface area contributed by atoms with Gasteiger partial charge in [0.1, 0.15) is 24.8 Å². The van der Waals surface area contributed by atoms with Crippen molar-refractivity contribution >= 4 is 40.0 Å². The molecule has 1 aliphatic rings. The minimum atomic E-state index is -0.178. The number of imidazole rings is 2. The van der Waals surface area contributed by atoms with Gasteiger partial charge in [0.2, 0.25) is 6.33 Å². The molecule has 2 amide bonds. The summed E-state index contributed by atoms with van der Waals surface area (Å²) in [6.45, 7) is 2.19. The average Bonchev–Trinajstić information content (AvgIpc) is 3.50. The number of hydrogen-bond donors (Lipinski definition) is 1. The molecule has 9 heteroatoms. The van der Waals surface area contributed by atoms with Crippen molar-refractivity contribution in [2.45, 2.75) is 43.8 Å². The lowest BCUT2D eigenvalue weighted by atomic mass is 9.92. The van der Waals surface area contributed by atoms with E-state index < -0.39 is 0 Å². The number of carbonyl (C=O) groups excluding carboxylic acids is 2. The van der Waals surface area contributed by atoms with Crippen molar-refractivity contribution in [3.63, 3.8) is 0 Å². The van der Waals surface area contributed by atoms with Crippen molar-refractivity contribution in [3.05, 3.63) is 72.6 Å². The molecule has 4 aromatic rings. The van der Waals surface area contributed by atoms with Crippen molar-refractivity contribution in [1.82, 2.24) is 14.0 Å². The number of nitrogens with one attached hydrogen (secondary N) is 1. The predicted molar refractivity (Wildman–Crippen MR) is 154 cm³/mol. The number of imide groups is 1. The minimum absolute atomic E-state index is 0.178. The van der Waals surface area contributed by atoms with Crippen LogP contribution >= 0.6 is 11.8 Å². The van der Waals surface area contributed by atoms with Gasteiger partial charge < -0.3 is 5.32 Å². The maximum absolute atomic E-state index is 13.4. The van der Waals surface area contributed by atoms with Gasteiger partial charge in [-0.05, 0) is 42.8 Å². The highest BCUT2D eigenvalue weighted by Crippen LogP contribution is 2.34. The van der Waals surface area contributed by atoms with E-state index in [1.165, 1.54) is 10.1 Å². The second-order valence-corrected chi connectivity index (χ2v) is 11.4. The van der Waals surface area contributed by atoms with E-state index in [0.29, 0.717) is 17.7 Å². The number of nitrogens with zero attached hydrogens (tertiary/aromatic N) is 5. The van der Waals surface area contributed by atoms with Gasteiger partial charge in [-0.3, -0.25) is 14.5 Å². The van der Waals surface area contributed by atoms with Crippen LogP contribution in [-0.2, 0) is 27.7 Å². The molecule has 3 heterocycles. The van der Waals surface area contributed by atoms with E-state index in [1.54, 1.807) is 0 Å². The van der Waals surface area contributed by atoms with Crippen LogP contribution in [0.25, 0.3) is 10.8 Å². The molecule has 204 valence electrons. The summed E-state index contributed by atoms with van der Waals surface area (Å²) in [7, 11) is 6.15. The Kier molecular flexibility index (Phi) is 8.35. The van der Waals surface area contributed by atoms with Crippen LogP contribution in [0.3, 0.4) is 0 Å². The van der Waals surface area contributed by atoms with E-state index in [0.717, 1.165) is 67.4 Å². The number of carbonyl (C=O) groups is 2. The molecular weight excluding hydrogens is 508 g/mol. The third-order valence-corrected chi connectivity index (χ3v) is 8.68. The van der Waals surface area contributed by atoms with Gasteiger partial charge in [0.25, 0.3) is 11.8 Å². The molecule has 0 bridgehead atoms. The van der Waals surface area contributed by atoms with Crippen LogP contribution in [0.1, 0.15) is 52.8 Å². The largest absolute Gasteiger partial charge is 0.384 e. The van der Waals surface area contributed by atoms with Crippen molar-refractivity contribution in [2.75, 3.05) is 24.2 Å². The summed E-state index contributed by atoms with van der Waals surface area (Å²) >= 11 is 1.86. The Morgan fingerprint density at radius 2 is 1.67 bits per heavy atom. The van der Waals surface area contributed by atoms with Crippen molar-refractivity contribution in [1.29, 1.82) is 0 Å². The first kappa shape index (κ1) is 27.0. The first-order valence-electron chi connectivity index (χ1n) is 13.7. The Morgan fingerprint density at radius 3 is 2.41 bits per heavy atom. The fourth-order valence-corrected chi connectivity index (χ4v) is 6.35. The minimum Gasteiger partial charge on any atom is -0.384 e. The smallest absolute Gasteiger partial charge is 0.317 e. The van der Waals surface area contributed by atoms with Gasteiger partial charge in [-0.15, -0.1) is 0 Å². The normalized spacial score (nSPS) is 13.1. The van der Waals surface area contributed by atoms with E-state index in [9.17, 15) is 9.59 Å². The number of thioether (sulfide) groups is 1. The summed E-state index contributed by atoms with van der Waals surface area (Å²) in [5.41, 5.74) is 2.21. The zero-order valence-corrected chi connectivity index (χ0v) is 23.9. The lowest BCUT2D eigenvalue weighted by molar-refractivity contribution is -0.709. The molecule has 1 N–H and O–H groups in total. The first-order valence-corrected chi connectivity index (χ1v) is 14.7. The number of amides is 2. The number of aromatic nitrogens is 4.